The van der Waals surface area contributed by atoms with E-state index in [1.807, 2.05) is 23.5 Å². The monoisotopic (exact) mass is 327 g/mol. The molecular formula is C16H19Cl2NS. The van der Waals surface area contributed by atoms with Crippen LogP contribution in [0.15, 0.2) is 29.6 Å². The number of nitrogens with one attached hydrogen (secondary N) is 1. The number of rotatable bonds is 6. The van der Waals surface area contributed by atoms with E-state index in [-0.39, 0.29) is 0 Å². The summed E-state index contributed by atoms with van der Waals surface area (Å²) in [6.07, 6.45) is 1.92. The van der Waals surface area contributed by atoms with Crippen molar-refractivity contribution in [3.05, 3.63) is 55.7 Å². The predicted molar refractivity (Wildman–Crippen MR) is 90.3 cm³/mol. The topological polar surface area (TPSA) is 12.0 Å². The molecule has 108 valence electrons. The Morgan fingerprint density at radius 1 is 1.15 bits per heavy atom. The van der Waals surface area contributed by atoms with Gasteiger partial charge < -0.3 is 5.32 Å². The van der Waals surface area contributed by atoms with Crippen LogP contribution in [0.25, 0.3) is 0 Å². The third-order valence-electron chi connectivity index (χ3n) is 3.38. The molecule has 1 nitrogen and oxygen atoms in total. The summed E-state index contributed by atoms with van der Waals surface area (Å²) < 4.78 is 0. The van der Waals surface area contributed by atoms with E-state index in [0.717, 1.165) is 24.9 Å². The summed E-state index contributed by atoms with van der Waals surface area (Å²) in [6, 6.07) is 8.35. The molecule has 0 radical (unpaired) electrons. The van der Waals surface area contributed by atoms with Gasteiger partial charge in [-0.2, -0.15) is 0 Å². The van der Waals surface area contributed by atoms with Crippen molar-refractivity contribution in [1.82, 2.24) is 5.32 Å². The van der Waals surface area contributed by atoms with Crippen molar-refractivity contribution in [1.29, 1.82) is 0 Å². The normalized spacial score (nSPS) is 12.6. The highest BCUT2D eigenvalue weighted by Crippen LogP contribution is 2.32. The molecule has 0 fully saturated rings. The zero-order valence-electron chi connectivity index (χ0n) is 11.7. The Hall–Kier alpha value is -0.540. The van der Waals surface area contributed by atoms with E-state index >= 15 is 0 Å². The number of likely N-dealkylation sites (N-methyl/N-ethyl adjacent to an activating group) is 1. The van der Waals surface area contributed by atoms with Crippen molar-refractivity contribution in [3.63, 3.8) is 0 Å². The van der Waals surface area contributed by atoms with Crippen LogP contribution in [0.4, 0.5) is 0 Å². The quantitative estimate of drug-likeness (QED) is 0.737. The summed E-state index contributed by atoms with van der Waals surface area (Å²) >= 11 is 14.2. The van der Waals surface area contributed by atoms with Gasteiger partial charge in [0.1, 0.15) is 0 Å². The van der Waals surface area contributed by atoms with Gasteiger partial charge in [0.15, 0.2) is 0 Å². The third kappa shape index (κ3) is 3.56. The zero-order valence-corrected chi connectivity index (χ0v) is 14.1. The molecule has 1 atom stereocenters. The maximum atomic E-state index is 6.32. The molecule has 20 heavy (non-hydrogen) atoms. The van der Waals surface area contributed by atoms with Crippen LogP contribution < -0.4 is 5.32 Å². The molecule has 0 aliphatic rings. The Labute approximate surface area is 134 Å². The van der Waals surface area contributed by atoms with Crippen molar-refractivity contribution < 1.29 is 0 Å². The fraction of sp³-hybridized carbons (Fsp3) is 0.375. The van der Waals surface area contributed by atoms with E-state index in [2.05, 4.69) is 36.7 Å². The number of thiophene rings is 1. The first-order valence-corrected chi connectivity index (χ1v) is 8.53. The smallest absolute Gasteiger partial charge is 0.0624 e. The fourth-order valence-electron chi connectivity index (χ4n) is 2.38. The van der Waals surface area contributed by atoms with Crippen LogP contribution >= 0.6 is 34.5 Å². The maximum absolute atomic E-state index is 6.32. The molecule has 1 aromatic heterocycles. The van der Waals surface area contributed by atoms with Gasteiger partial charge in [-0.15, -0.1) is 11.3 Å². The summed E-state index contributed by atoms with van der Waals surface area (Å²) in [7, 11) is 0. The van der Waals surface area contributed by atoms with Crippen molar-refractivity contribution in [2.75, 3.05) is 6.54 Å². The largest absolute Gasteiger partial charge is 0.309 e. The molecule has 0 aliphatic carbocycles. The summed E-state index contributed by atoms with van der Waals surface area (Å²) in [5, 5.41) is 7.03. The molecule has 0 aliphatic heterocycles. The van der Waals surface area contributed by atoms with E-state index < -0.39 is 0 Å². The van der Waals surface area contributed by atoms with Gasteiger partial charge in [-0.1, -0.05) is 49.2 Å². The standard InChI is InChI=1S/C16H19Cl2NS/c1-3-11-8-9-20-16(11)14(19-4-2)10-12-6-5-7-13(17)15(12)18/h5-9,14,19H,3-4,10H2,1-2H3. The van der Waals surface area contributed by atoms with Gasteiger partial charge in [0, 0.05) is 10.9 Å². The minimum Gasteiger partial charge on any atom is -0.309 e. The van der Waals surface area contributed by atoms with Crippen LogP contribution in [-0.2, 0) is 12.8 Å². The zero-order chi connectivity index (χ0) is 14.5. The van der Waals surface area contributed by atoms with Crippen LogP contribution in [0.5, 0.6) is 0 Å². The molecule has 1 N–H and O–H groups in total. The molecule has 1 aromatic carbocycles. The van der Waals surface area contributed by atoms with E-state index in [0.29, 0.717) is 16.1 Å². The fourth-order valence-corrected chi connectivity index (χ4v) is 3.85. The van der Waals surface area contributed by atoms with Gasteiger partial charge in [0.25, 0.3) is 0 Å². The minimum absolute atomic E-state index is 0.297. The van der Waals surface area contributed by atoms with Gasteiger partial charge in [0.2, 0.25) is 0 Å². The van der Waals surface area contributed by atoms with E-state index in [4.69, 9.17) is 23.2 Å². The molecule has 2 rings (SSSR count). The average molecular weight is 328 g/mol. The lowest BCUT2D eigenvalue weighted by atomic mass is 10.0. The lowest BCUT2D eigenvalue weighted by molar-refractivity contribution is 0.555. The van der Waals surface area contributed by atoms with Crippen molar-refractivity contribution in [2.45, 2.75) is 32.7 Å². The van der Waals surface area contributed by atoms with Crippen molar-refractivity contribution in [3.8, 4) is 0 Å². The molecule has 1 unspecified atom stereocenters. The van der Waals surface area contributed by atoms with Crippen LogP contribution in [0.2, 0.25) is 10.0 Å². The molecule has 0 saturated carbocycles. The summed E-state index contributed by atoms with van der Waals surface area (Å²) in [6.45, 7) is 5.26. The summed E-state index contributed by atoms with van der Waals surface area (Å²) in [5.74, 6) is 0. The predicted octanol–water partition coefficient (Wildman–Crippen LogP) is 5.51. The molecular weight excluding hydrogens is 309 g/mol. The Morgan fingerprint density at radius 3 is 2.65 bits per heavy atom. The van der Waals surface area contributed by atoms with Gasteiger partial charge in [0.05, 0.1) is 10.0 Å². The molecule has 2 aromatic rings. The second-order valence-corrected chi connectivity index (χ2v) is 6.42. The van der Waals surface area contributed by atoms with E-state index in [9.17, 15) is 0 Å². The highest BCUT2D eigenvalue weighted by atomic mass is 35.5. The first-order chi connectivity index (χ1) is 9.67. The highest BCUT2D eigenvalue weighted by Gasteiger charge is 2.17. The van der Waals surface area contributed by atoms with Crippen LogP contribution in [0.3, 0.4) is 0 Å². The Morgan fingerprint density at radius 2 is 1.95 bits per heavy atom. The van der Waals surface area contributed by atoms with Gasteiger partial charge in [-0.05, 0) is 48.0 Å². The number of aryl methyl sites for hydroxylation is 1. The molecule has 0 bridgehead atoms. The minimum atomic E-state index is 0.297. The average Bonchev–Trinajstić information content (AvgIpc) is 2.91. The highest BCUT2D eigenvalue weighted by molar-refractivity contribution is 7.10. The first kappa shape index (κ1) is 15.8. The Balaban J connectivity index is 2.28. The van der Waals surface area contributed by atoms with Gasteiger partial charge in [-0.3, -0.25) is 0 Å². The molecule has 0 amide bonds. The second-order valence-electron chi connectivity index (χ2n) is 4.69. The molecule has 0 saturated heterocycles. The number of hydrogen-bond acceptors (Lipinski definition) is 2. The molecule has 1 heterocycles. The van der Waals surface area contributed by atoms with Crippen LogP contribution in [0, 0.1) is 0 Å². The number of hydrogen-bond donors (Lipinski definition) is 1. The molecule has 4 heteroatoms. The second kappa shape index (κ2) is 7.46. The van der Waals surface area contributed by atoms with E-state index in [1.54, 1.807) is 0 Å². The SMILES string of the molecule is CCNC(Cc1cccc(Cl)c1Cl)c1sccc1CC. The third-order valence-corrected chi connectivity index (χ3v) is 5.32. The lowest BCUT2D eigenvalue weighted by Gasteiger charge is -2.19. The summed E-state index contributed by atoms with van der Waals surface area (Å²) in [4.78, 5) is 1.41. The van der Waals surface area contributed by atoms with Gasteiger partial charge in [-0.25, -0.2) is 0 Å². The Kier molecular flexibility index (Phi) is 5.91. The van der Waals surface area contributed by atoms with Crippen LogP contribution in [0.1, 0.15) is 35.9 Å². The first-order valence-electron chi connectivity index (χ1n) is 6.89. The summed E-state index contributed by atoms with van der Waals surface area (Å²) in [5.41, 5.74) is 2.51. The maximum Gasteiger partial charge on any atom is 0.0624 e. The molecule has 0 spiro atoms. The number of benzene rings is 1. The van der Waals surface area contributed by atoms with Crippen molar-refractivity contribution in [2.24, 2.45) is 0 Å². The Bertz CT molecular complexity index is 565. The van der Waals surface area contributed by atoms with E-state index in [1.165, 1.54) is 10.4 Å². The van der Waals surface area contributed by atoms with Crippen LogP contribution in [-0.4, -0.2) is 6.54 Å². The van der Waals surface area contributed by atoms with Gasteiger partial charge >= 0.3 is 0 Å². The van der Waals surface area contributed by atoms with Crippen molar-refractivity contribution >= 4 is 34.5 Å². The lowest BCUT2D eigenvalue weighted by Crippen LogP contribution is -2.23. The number of halogens is 2.